The molecular formula is C11H15NO3. The van der Waals surface area contributed by atoms with Gasteiger partial charge >= 0.3 is 0 Å². The standard InChI is InChI=1S/C11H15NO3/c13-8-7-12-11(15)6-5-9-3-1-2-4-10(9)14/h1-4,13-14H,5-8H2,(H,12,15). The van der Waals surface area contributed by atoms with E-state index in [0.717, 1.165) is 5.56 Å². The van der Waals surface area contributed by atoms with Crippen molar-refractivity contribution >= 4 is 5.91 Å². The number of phenols is 1. The van der Waals surface area contributed by atoms with E-state index in [1.807, 2.05) is 6.07 Å². The molecule has 1 aromatic rings. The Balaban J connectivity index is 2.37. The van der Waals surface area contributed by atoms with Crippen LogP contribution in [0.4, 0.5) is 0 Å². The zero-order valence-electron chi connectivity index (χ0n) is 8.44. The third kappa shape index (κ3) is 3.99. The molecule has 1 rings (SSSR count). The van der Waals surface area contributed by atoms with Gasteiger partial charge < -0.3 is 15.5 Å². The van der Waals surface area contributed by atoms with Crippen LogP contribution in [0.15, 0.2) is 24.3 Å². The van der Waals surface area contributed by atoms with E-state index in [1.165, 1.54) is 0 Å². The van der Waals surface area contributed by atoms with E-state index in [-0.39, 0.29) is 24.8 Å². The summed E-state index contributed by atoms with van der Waals surface area (Å²) in [5.41, 5.74) is 0.761. The van der Waals surface area contributed by atoms with Crippen molar-refractivity contribution in [3.05, 3.63) is 29.8 Å². The van der Waals surface area contributed by atoms with Gasteiger partial charge in [0.25, 0.3) is 0 Å². The number of carbonyl (C=O) groups is 1. The Morgan fingerprint density at radius 1 is 1.33 bits per heavy atom. The van der Waals surface area contributed by atoms with Crippen LogP contribution in [0.2, 0.25) is 0 Å². The van der Waals surface area contributed by atoms with Crippen molar-refractivity contribution in [1.82, 2.24) is 5.32 Å². The predicted molar refractivity (Wildman–Crippen MR) is 56.5 cm³/mol. The summed E-state index contributed by atoms with van der Waals surface area (Å²) in [6.07, 6.45) is 0.821. The molecule has 15 heavy (non-hydrogen) atoms. The molecule has 1 aromatic carbocycles. The molecule has 4 heteroatoms. The molecular weight excluding hydrogens is 194 g/mol. The lowest BCUT2D eigenvalue weighted by atomic mass is 10.1. The van der Waals surface area contributed by atoms with E-state index in [0.29, 0.717) is 12.8 Å². The van der Waals surface area contributed by atoms with Crippen LogP contribution in [-0.2, 0) is 11.2 Å². The van der Waals surface area contributed by atoms with E-state index >= 15 is 0 Å². The number of aliphatic hydroxyl groups excluding tert-OH is 1. The highest BCUT2D eigenvalue weighted by Gasteiger charge is 2.04. The van der Waals surface area contributed by atoms with E-state index in [4.69, 9.17) is 5.11 Å². The number of rotatable bonds is 5. The highest BCUT2D eigenvalue weighted by Crippen LogP contribution is 2.16. The van der Waals surface area contributed by atoms with Gasteiger partial charge in [0.15, 0.2) is 0 Å². The normalized spacial score (nSPS) is 9.93. The number of para-hydroxylation sites is 1. The van der Waals surface area contributed by atoms with Crippen molar-refractivity contribution in [1.29, 1.82) is 0 Å². The van der Waals surface area contributed by atoms with Crippen LogP contribution in [-0.4, -0.2) is 29.3 Å². The highest BCUT2D eigenvalue weighted by atomic mass is 16.3. The summed E-state index contributed by atoms with van der Waals surface area (Å²) >= 11 is 0. The zero-order valence-corrected chi connectivity index (χ0v) is 8.44. The molecule has 0 spiro atoms. The topological polar surface area (TPSA) is 69.6 Å². The minimum absolute atomic E-state index is 0.0532. The molecule has 0 aliphatic heterocycles. The predicted octanol–water partition coefficient (Wildman–Crippen LogP) is 0.433. The first-order valence-corrected chi connectivity index (χ1v) is 4.88. The summed E-state index contributed by atoms with van der Waals surface area (Å²) in [6.45, 7) is 0.224. The van der Waals surface area contributed by atoms with Gasteiger partial charge in [0.2, 0.25) is 5.91 Å². The van der Waals surface area contributed by atoms with Gasteiger partial charge in [-0.05, 0) is 18.1 Å². The Hall–Kier alpha value is -1.55. The van der Waals surface area contributed by atoms with Crippen LogP contribution in [0.3, 0.4) is 0 Å². The van der Waals surface area contributed by atoms with E-state index in [2.05, 4.69) is 5.32 Å². The third-order valence-corrected chi connectivity index (χ3v) is 2.05. The first-order chi connectivity index (χ1) is 7.24. The maximum atomic E-state index is 11.2. The molecule has 0 fully saturated rings. The summed E-state index contributed by atoms with van der Waals surface area (Å²) in [7, 11) is 0. The average molecular weight is 209 g/mol. The Labute approximate surface area is 88.6 Å². The molecule has 0 aromatic heterocycles. The molecule has 1 amide bonds. The summed E-state index contributed by atoms with van der Waals surface area (Å²) in [5, 5.41) is 20.5. The second-order valence-electron chi connectivity index (χ2n) is 3.20. The van der Waals surface area contributed by atoms with Crippen molar-refractivity contribution < 1.29 is 15.0 Å². The molecule has 0 saturated heterocycles. The quantitative estimate of drug-likeness (QED) is 0.658. The molecule has 0 unspecified atom stereocenters. The average Bonchev–Trinajstić information content (AvgIpc) is 2.25. The Morgan fingerprint density at radius 3 is 2.73 bits per heavy atom. The molecule has 3 N–H and O–H groups in total. The van der Waals surface area contributed by atoms with Gasteiger partial charge in [-0.3, -0.25) is 4.79 Å². The maximum absolute atomic E-state index is 11.2. The molecule has 82 valence electrons. The fourth-order valence-corrected chi connectivity index (χ4v) is 1.25. The van der Waals surface area contributed by atoms with Gasteiger partial charge in [-0.25, -0.2) is 0 Å². The fourth-order valence-electron chi connectivity index (χ4n) is 1.25. The molecule has 0 radical (unpaired) electrons. The van der Waals surface area contributed by atoms with Crippen molar-refractivity contribution in [2.45, 2.75) is 12.8 Å². The Bertz CT molecular complexity index is 325. The molecule has 0 atom stereocenters. The van der Waals surface area contributed by atoms with Gasteiger partial charge in [-0.2, -0.15) is 0 Å². The van der Waals surface area contributed by atoms with Crippen LogP contribution in [0.1, 0.15) is 12.0 Å². The van der Waals surface area contributed by atoms with Crippen LogP contribution in [0.5, 0.6) is 5.75 Å². The van der Waals surface area contributed by atoms with Crippen LogP contribution in [0.25, 0.3) is 0 Å². The van der Waals surface area contributed by atoms with Crippen molar-refractivity contribution in [3.63, 3.8) is 0 Å². The third-order valence-electron chi connectivity index (χ3n) is 2.05. The number of carbonyl (C=O) groups excluding carboxylic acids is 1. The smallest absolute Gasteiger partial charge is 0.220 e. The lowest BCUT2D eigenvalue weighted by molar-refractivity contribution is -0.121. The summed E-state index contributed by atoms with van der Waals surface area (Å²) in [5.74, 6) is 0.0970. The summed E-state index contributed by atoms with van der Waals surface area (Å²) in [4.78, 5) is 11.2. The molecule has 0 aliphatic rings. The Morgan fingerprint density at radius 2 is 2.07 bits per heavy atom. The number of hydrogen-bond acceptors (Lipinski definition) is 3. The lowest BCUT2D eigenvalue weighted by Gasteiger charge is -2.04. The summed E-state index contributed by atoms with van der Waals surface area (Å²) in [6, 6.07) is 6.95. The van der Waals surface area contributed by atoms with Gasteiger partial charge in [0, 0.05) is 13.0 Å². The van der Waals surface area contributed by atoms with Crippen molar-refractivity contribution in [2.24, 2.45) is 0 Å². The molecule has 0 heterocycles. The summed E-state index contributed by atoms with van der Waals surface area (Å²) < 4.78 is 0. The minimum Gasteiger partial charge on any atom is -0.508 e. The second-order valence-corrected chi connectivity index (χ2v) is 3.20. The van der Waals surface area contributed by atoms with Crippen LogP contribution in [0, 0.1) is 0 Å². The number of nitrogens with one attached hydrogen (secondary N) is 1. The number of aryl methyl sites for hydroxylation is 1. The minimum atomic E-state index is -0.118. The van der Waals surface area contributed by atoms with E-state index < -0.39 is 0 Å². The highest BCUT2D eigenvalue weighted by molar-refractivity contribution is 5.76. The largest absolute Gasteiger partial charge is 0.508 e. The molecule has 0 bridgehead atoms. The van der Waals surface area contributed by atoms with Crippen LogP contribution >= 0.6 is 0 Å². The number of phenolic OH excluding ortho intramolecular Hbond substituents is 1. The second kappa shape index (κ2) is 6.03. The van der Waals surface area contributed by atoms with Gasteiger partial charge in [0.1, 0.15) is 5.75 Å². The number of aliphatic hydroxyl groups is 1. The lowest BCUT2D eigenvalue weighted by Crippen LogP contribution is -2.26. The fraction of sp³-hybridized carbons (Fsp3) is 0.364. The molecule has 0 aliphatic carbocycles. The number of aromatic hydroxyl groups is 1. The number of benzene rings is 1. The molecule has 4 nitrogen and oxygen atoms in total. The van der Waals surface area contributed by atoms with Gasteiger partial charge in [-0.15, -0.1) is 0 Å². The number of hydrogen-bond donors (Lipinski definition) is 3. The van der Waals surface area contributed by atoms with Crippen LogP contribution < -0.4 is 5.32 Å². The van der Waals surface area contributed by atoms with Crippen molar-refractivity contribution in [3.8, 4) is 5.75 Å². The van der Waals surface area contributed by atoms with E-state index in [1.54, 1.807) is 18.2 Å². The SMILES string of the molecule is O=C(CCc1ccccc1O)NCCO. The van der Waals surface area contributed by atoms with Gasteiger partial charge in [0.05, 0.1) is 6.61 Å². The Kier molecular flexibility index (Phi) is 4.63. The number of amides is 1. The maximum Gasteiger partial charge on any atom is 0.220 e. The van der Waals surface area contributed by atoms with Crippen molar-refractivity contribution in [2.75, 3.05) is 13.2 Å². The first-order valence-electron chi connectivity index (χ1n) is 4.88. The van der Waals surface area contributed by atoms with Gasteiger partial charge in [-0.1, -0.05) is 18.2 Å². The zero-order chi connectivity index (χ0) is 11.1. The first kappa shape index (κ1) is 11.5. The molecule has 0 saturated carbocycles. The monoisotopic (exact) mass is 209 g/mol. The van der Waals surface area contributed by atoms with E-state index in [9.17, 15) is 9.90 Å².